The van der Waals surface area contributed by atoms with E-state index in [1.165, 1.54) is 43.5 Å². The maximum Gasteiger partial charge on any atom is 0.419 e. The second kappa shape index (κ2) is 9.42. The maximum absolute atomic E-state index is 12.8. The summed E-state index contributed by atoms with van der Waals surface area (Å²) in [5.41, 5.74) is 1.24. The minimum Gasteiger partial charge on any atom is -0.443 e. The molecule has 1 aliphatic heterocycles. The first-order valence-electron chi connectivity index (χ1n) is 13.0. The van der Waals surface area contributed by atoms with Crippen molar-refractivity contribution in [3.05, 3.63) is 11.9 Å². The van der Waals surface area contributed by atoms with E-state index < -0.39 is 23.4 Å². The third-order valence-corrected chi connectivity index (χ3v) is 6.65. The molecular formula is C26H42N4O4. The van der Waals surface area contributed by atoms with E-state index in [9.17, 15) is 9.59 Å². The fraction of sp³-hybridized carbons (Fsp3) is 0.808. The number of carbonyl (C=O) groups is 2. The van der Waals surface area contributed by atoms with Crippen molar-refractivity contribution < 1.29 is 19.1 Å². The molecule has 0 spiro atoms. The van der Waals surface area contributed by atoms with Crippen molar-refractivity contribution in [3.8, 4) is 0 Å². The topological polar surface area (TPSA) is 76.9 Å². The van der Waals surface area contributed by atoms with Crippen LogP contribution in [0.5, 0.6) is 0 Å². The van der Waals surface area contributed by atoms with Gasteiger partial charge in [-0.3, -0.25) is 4.68 Å². The highest BCUT2D eigenvalue weighted by Crippen LogP contribution is 2.46. The zero-order valence-corrected chi connectivity index (χ0v) is 21.8. The molecule has 190 valence electrons. The number of ether oxygens (including phenoxy) is 2. The second-order valence-corrected chi connectivity index (χ2v) is 12.3. The molecule has 8 heteroatoms. The summed E-state index contributed by atoms with van der Waals surface area (Å²) in [6.45, 7) is 13.3. The molecule has 0 unspecified atom stereocenters. The molecule has 4 rings (SSSR count). The highest BCUT2D eigenvalue weighted by Gasteiger charge is 2.40. The summed E-state index contributed by atoms with van der Waals surface area (Å²) in [4.78, 5) is 29.2. The van der Waals surface area contributed by atoms with E-state index in [1.54, 1.807) is 41.5 Å². The molecule has 2 heterocycles. The molecule has 2 aliphatic carbocycles. The van der Waals surface area contributed by atoms with Crippen LogP contribution in [0.2, 0.25) is 0 Å². The van der Waals surface area contributed by atoms with Crippen molar-refractivity contribution in [2.45, 2.75) is 110 Å². The Morgan fingerprint density at radius 3 is 2.03 bits per heavy atom. The Kier molecular flexibility index (Phi) is 6.89. The van der Waals surface area contributed by atoms with E-state index >= 15 is 0 Å². The Bertz CT molecular complexity index is 854. The van der Waals surface area contributed by atoms with Gasteiger partial charge in [-0.25, -0.2) is 14.5 Å². The summed E-state index contributed by atoms with van der Waals surface area (Å²) in [5.74, 6) is 0.820. The minimum atomic E-state index is -0.682. The molecule has 0 atom stereocenters. The highest BCUT2D eigenvalue weighted by molar-refractivity contribution is 5.88. The number of imide groups is 1. The van der Waals surface area contributed by atoms with E-state index in [0.717, 1.165) is 30.8 Å². The fourth-order valence-electron chi connectivity index (χ4n) is 4.79. The van der Waals surface area contributed by atoms with Gasteiger partial charge in [0.1, 0.15) is 11.2 Å². The van der Waals surface area contributed by atoms with Crippen molar-refractivity contribution in [1.29, 1.82) is 0 Å². The molecular weight excluding hydrogens is 432 g/mol. The van der Waals surface area contributed by atoms with Crippen molar-refractivity contribution in [3.63, 3.8) is 0 Å². The largest absolute Gasteiger partial charge is 0.443 e. The molecule has 2 saturated carbocycles. The van der Waals surface area contributed by atoms with Gasteiger partial charge in [-0.2, -0.15) is 5.10 Å². The van der Waals surface area contributed by atoms with Crippen molar-refractivity contribution in [2.75, 3.05) is 24.5 Å². The normalized spacial score (nSPS) is 23.3. The lowest BCUT2D eigenvalue weighted by Gasteiger charge is -2.38. The third-order valence-electron chi connectivity index (χ3n) is 6.65. The van der Waals surface area contributed by atoms with Crippen LogP contribution in [0.4, 0.5) is 15.3 Å². The third kappa shape index (κ3) is 6.25. The van der Waals surface area contributed by atoms with Crippen molar-refractivity contribution in [1.82, 2.24) is 14.7 Å². The van der Waals surface area contributed by atoms with Gasteiger partial charge in [0.15, 0.2) is 0 Å². The maximum atomic E-state index is 12.8. The van der Waals surface area contributed by atoms with Gasteiger partial charge in [-0.15, -0.1) is 0 Å². The molecule has 3 aliphatic rings. The van der Waals surface area contributed by atoms with E-state index in [4.69, 9.17) is 14.6 Å². The fourth-order valence-corrected chi connectivity index (χ4v) is 4.79. The molecule has 0 bridgehead atoms. The number of rotatable bonds is 5. The molecule has 8 nitrogen and oxygen atoms in total. The molecule has 34 heavy (non-hydrogen) atoms. The second-order valence-electron chi connectivity index (χ2n) is 12.3. The summed E-state index contributed by atoms with van der Waals surface area (Å²) in [6.07, 6.45) is 9.04. The van der Waals surface area contributed by atoms with Gasteiger partial charge < -0.3 is 14.4 Å². The van der Waals surface area contributed by atoms with E-state index in [2.05, 4.69) is 15.8 Å². The molecule has 1 saturated heterocycles. The van der Waals surface area contributed by atoms with Crippen LogP contribution in [-0.2, 0) is 9.47 Å². The van der Waals surface area contributed by atoms with Crippen molar-refractivity contribution >= 4 is 17.9 Å². The molecule has 1 aromatic heterocycles. The van der Waals surface area contributed by atoms with Gasteiger partial charge in [-0.05, 0) is 92.4 Å². The van der Waals surface area contributed by atoms with Gasteiger partial charge >= 0.3 is 12.2 Å². The Hall–Kier alpha value is -2.25. The van der Waals surface area contributed by atoms with Crippen LogP contribution >= 0.6 is 0 Å². The number of anilines is 1. The summed E-state index contributed by atoms with van der Waals surface area (Å²) in [6, 6.07) is 0.306. The number of nitrogens with zero attached hydrogens (tertiary/aromatic N) is 4. The molecule has 0 radical (unpaired) electrons. The van der Waals surface area contributed by atoms with Crippen LogP contribution in [0.15, 0.2) is 6.20 Å². The molecule has 2 amide bonds. The smallest absolute Gasteiger partial charge is 0.419 e. The first kappa shape index (κ1) is 24.9. The van der Waals surface area contributed by atoms with E-state index in [1.807, 2.05) is 0 Å². The SMILES string of the molecule is CC(C)(C)OC(=O)N(CC1CC(n2cc(N3CCCCC3)c(C3CC3)n2)C1)C(=O)OC(C)(C)C. The van der Waals surface area contributed by atoms with Gasteiger partial charge in [0, 0.05) is 31.7 Å². The molecule has 0 N–H and O–H groups in total. The number of carbonyl (C=O) groups excluding carboxylic acids is 2. The zero-order valence-electron chi connectivity index (χ0n) is 21.8. The lowest BCUT2D eigenvalue weighted by Crippen LogP contribution is -2.47. The predicted octanol–water partition coefficient (Wildman–Crippen LogP) is 5.87. The lowest BCUT2D eigenvalue weighted by atomic mass is 9.80. The summed E-state index contributed by atoms with van der Waals surface area (Å²) < 4.78 is 13.2. The average Bonchev–Trinajstić information content (AvgIpc) is 3.44. The Balaban J connectivity index is 1.40. The lowest BCUT2D eigenvalue weighted by molar-refractivity contribution is -0.00641. The predicted molar refractivity (Wildman–Crippen MR) is 131 cm³/mol. The monoisotopic (exact) mass is 474 g/mol. The number of hydrogen-bond acceptors (Lipinski definition) is 6. The number of amides is 2. The van der Waals surface area contributed by atoms with E-state index in [-0.39, 0.29) is 5.92 Å². The van der Waals surface area contributed by atoms with Crippen LogP contribution in [0.1, 0.15) is 104 Å². The number of aromatic nitrogens is 2. The van der Waals surface area contributed by atoms with Crippen LogP contribution in [0, 0.1) is 5.92 Å². The van der Waals surface area contributed by atoms with Crippen molar-refractivity contribution in [2.24, 2.45) is 5.92 Å². The van der Waals surface area contributed by atoms with Crippen LogP contribution in [0.25, 0.3) is 0 Å². The first-order chi connectivity index (χ1) is 15.9. The minimum absolute atomic E-state index is 0.206. The standard InChI is InChI=1S/C26H42N4O4/c1-25(2,3)33-23(31)29(24(32)34-26(4,5)6)16-18-14-20(15-18)30-17-21(22(27-30)19-10-11-19)28-12-8-7-9-13-28/h17-20H,7-16H2,1-6H3. The molecule has 3 fully saturated rings. The Morgan fingerprint density at radius 1 is 0.971 bits per heavy atom. The first-order valence-corrected chi connectivity index (χ1v) is 13.0. The Labute approximate surface area is 203 Å². The number of piperidine rings is 1. The van der Waals surface area contributed by atoms with Crippen LogP contribution in [0.3, 0.4) is 0 Å². The quantitative estimate of drug-likeness (QED) is 0.531. The van der Waals surface area contributed by atoms with Gasteiger partial charge in [0.2, 0.25) is 0 Å². The summed E-state index contributed by atoms with van der Waals surface area (Å²) in [7, 11) is 0. The van der Waals surface area contributed by atoms with Gasteiger partial charge in [0.05, 0.1) is 17.4 Å². The summed E-state index contributed by atoms with van der Waals surface area (Å²) in [5, 5.41) is 5.03. The van der Waals surface area contributed by atoms with Crippen LogP contribution in [-0.4, -0.2) is 57.7 Å². The average molecular weight is 475 g/mol. The van der Waals surface area contributed by atoms with Gasteiger partial charge in [0.25, 0.3) is 0 Å². The highest BCUT2D eigenvalue weighted by atomic mass is 16.6. The van der Waals surface area contributed by atoms with Gasteiger partial charge in [-0.1, -0.05) is 0 Å². The molecule has 0 aromatic carbocycles. The van der Waals surface area contributed by atoms with Crippen LogP contribution < -0.4 is 4.90 Å². The molecule has 1 aromatic rings. The summed E-state index contributed by atoms with van der Waals surface area (Å²) >= 11 is 0. The number of hydrogen-bond donors (Lipinski definition) is 0. The Morgan fingerprint density at radius 2 is 1.53 bits per heavy atom. The van der Waals surface area contributed by atoms with E-state index in [0.29, 0.717) is 18.5 Å². The zero-order chi connectivity index (χ0) is 24.7.